The topological polar surface area (TPSA) is 63.4 Å². The molecule has 0 saturated carbocycles. The molecule has 8 nitrogen and oxygen atoms in total. The van der Waals surface area contributed by atoms with Crippen molar-refractivity contribution < 1.29 is 13.4 Å². The van der Waals surface area contributed by atoms with E-state index in [0.29, 0.717) is 5.92 Å². The number of hydrogen-bond acceptors (Lipinski definition) is 6. The molecule has 0 amide bonds. The van der Waals surface area contributed by atoms with Crippen molar-refractivity contribution in [1.29, 1.82) is 0 Å². The average molecular weight is 1060 g/mol. The number of unbranched alkanes of at least 4 members (excludes halogenated alkanes) is 1. The van der Waals surface area contributed by atoms with Crippen molar-refractivity contribution in [3.05, 3.63) is 130 Å². The first-order valence-corrected chi connectivity index (χ1v) is 30.1. The van der Waals surface area contributed by atoms with Gasteiger partial charge in [0.1, 0.15) is 30.4 Å². The number of fused-ring (bicyclic) bond motifs is 1. The van der Waals surface area contributed by atoms with Gasteiger partial charge < -0.3 is 25.4 Å². The molecule has 0 bridgehead atoms. The minimum atomic E-state index is -0.117. The van der Waals surface area contributed by atoms with E-state index >= 15 is 4.39 Å². The lowest BCUT2D eigenvalue weighted by Gasteiger charge is -2.32. The summed E-state index contributed by atoms with van der Waals surface area (Å²) in [6.45, 7) is 38.8. The van der Waals surface area contributed by atoms with Crippen molar-refractivity contribution in [1.82, 2.24) is 25.1 Å². The smallest absolute Gasteiger partial charge is 0.170 e. The number of allylic oxidation sites excluding steroid dienone is 1. The SMILES string of the molecule is C=C(NC)C(CCC(C)C)Nc1ccc(C(C)CCC)c(F)c1.CC.CC.CCC1=C(/C=C\N(C)c2ccnc3c2cc(C(C)N2CC=C(c4c(C)cc(C=[N+]5CCC(CC)CC5)cc4F)CC2)n3C)NCC1.CCCC. The zero-order valence-corrected chi connectivity index (χ0v) is 51.5. The number of hydrogen-bond donors (Lipinski definition) is 3. The van der Waals surface area contributed by atoms with Crippen LogP contribution in [0.2, 0.25) is 0 Å². The number of likely N-dealkylation sites (N-methyl/N-ethyl adjacent to an activating group) is 1. The molecule has 77 heavy (non-hydrogen) atoms. The first-order chi connectivity index (χ1) is 37.1. The van der Waals surface area contributed by atoms with E-state index in [1.165, 1.54) is 49.1 Å². The lowest BCUT2D eigenvalue weighted by atomic mass is 9.92. The molecule has 3 atom stereocenters. The molecule has 428 valence electrons. The number of anilines is 2. The van der Waals surface area contributed by atoms with Crippen LogP contribution >= 0.6 is 0 Å². The fourth-order valence-corrected chi connectivity index (χ4v) is 10.6. The summed E-state index contributed by atoms with van der Waals surface area (Å²) >= 11 is 0. The lowest BCUT2D eigenvalue weighted by Crippen LogP contribution is -2.32. The van der Waals surface area contributed by atoms with Gasteiger partial charge in [0.2, 0.25) is 0 Å². The average Bonchev–Trinajstić information content (AvgIpc) is 4.07. The molecule has 1 saturated heterocycles. The third-order valence-corrected chi connectivity index (χ3v) is 15.6. The van der Waals surface area contributed by atoms with E-state index in [2.05, 4.69) is 168 Å². The van der Waals surface area contributed by atoms with Crippen molar-refractivity contribution in [3.63, 3.8) is 0 Å². The monoisotopic (exact) mass is 1060 g/mol. The van der Waals surface area contributed by atoms with Crippen LogP contribution < -0.4 is 20.9 Å². The molecule has 7 rings (SSSR count). The second kappa shape index (κ2) is 34.6. The van der Waals surface area contributed by atoms with Crippen molar-refractivity contribution >= 4 is 34.2 Å². The predicted molar refractivity (Wildman–Crippen MR) is 333 cm³/mol. The summed E-state index contributed by atoms with van der Waals surface area (Å²) in [5.41, 5.74) is 12.6. The van der Waals surface area contributed by atoms with E-state index in [1.54, 1.807) is 12.1 Å². The van der Waals surface area contributed by atoms with E-state index in [-0.39, 0.29) is 29.6 Å². The van der Waals surface area contributed by atoms with Crippen LogP contribution in [0.5, 0.6) is 0 Å². The molecule has 0 aliphatic carbocycles. The highest BCUT2D eigenvalue weighted by molar-refractivity contribution is 5.91. The summed E-state index contributed by atoms with van der Waals surface area (Å²) in [7, 11) is 6.11. The number of rotatable bonds is 20. The zero-order valence-electron chi connectivity index (χ0n) is 51.5. The number of nitrogens with zero attached hydrogens (tertiary/aromatic N) is 5. The maximum Gasteiger partial charge on any atom is 0.170 e. The molecule has 0 radical (unpaired) electrons. The predicted octanol–water partition coefficient (Wildman–Crippen LogP) is 17.3. The second-order valence-corrected chi connectivity index (χ2v) is 21.4. The van der Waals surface area contributed by atoms with E-state index < -0.39 is 0 Å². The van der Waals surface area contributed by atoms with Gasteiger partial charge in [-0.15, -0.1) is 0 Å². The van der Waals surface area contributed by atoms with Crippen molar-refractivity contribution in [2.45, 2.75) is 192 Å². The van der Waals surface area contributed by atoms with Gasteiger partial charge in [0.25, 0.3) is 0 Å². The van der Waals surface area contributed by atoms with Gasteiger partial charge in [-0.25, -0.2) is 18.3 Å². The Morgan fingerprint density at radius 2 is 1.61 bits per heavy atom. The van der Waals surface area contributed by atoms with Crippen molar-refractivity contribution in [3.8, 4) is 0 Å². The standard InChI is InChI=1S/C39H52FN6.C20H33FN2.C4H10.2C2H6/c1-7-29-11-19-45(20-12-29)26-30-23-27(3)38(34(40)24-30)32-13-21-46(22-14-32)28(4)37-25-33-36(10-17-42-39(33)44(37)6)43(5)18-15-35-31(8-2)9-16-41-35;1-7-8-15(4)18-11-10-17(13-19(18)21)23-20(16(5)22-6)12-9-14(2)3;1-3-4-2;2*1-2/h10,13,15,17-18,23-26,28-29,41H,7-9,11-12,14,16,19-22H2,1-6H3;10-11,13-15,20,22-23H,5,7-9,12H2,1-4,6H3;3-4H2,1-2H3;2*1-2H3/q+1;;;;/b18-15-,45-26?;;;;. The molecule has 3 aliphatic rings. The first-order valence-electron chi connectivity index (χ1n) is 30.1. The molecular weight excluding hydrogens is 955 g/mol. The molecule has 2 aromatic carbocycles. The number of nitrogens with one attached hydrogen (secondary N) is 3. The molecule has 1 fully saturated rings. The largest absolute Gasteiger partial charge is 0.390 e. The minimum absolute atomic E-state index is 0.0983. The molecule has 10 heteroatoms. The van der Waals surface area contributed by atoms with Crippen molar-refractivity contribution in [2.24, 2.45) is 18.9 Å². The van der Waals surface area contributed by atoms with Crippen LogP contribution in [0.3, 0.4) is 0 Å². The van der Waals surface area contributed by atoms with Gasteiger partial charge in [0, 0.05) is 111 Å². The quantitative estimate of drug-likeness (QED) is 0.0767. The van der Waals surface area contributed by atoms with Crippen LogP contribution in [-0.4, -0.2) is 78.1 Å². The van der Waals surface area contributed by atoms with Crippen LogP contribution in [0.4, 0.5) is 20.2 Å². The maximum atomic E-state index is 15.6. The van der Waals surface area contributed by atoms with Gasteiger partial charge in [-0.1, -0.05) is 127 Å². The Labute approximate surface area is 468 Å². The number of halogens is 2. The summed E-state index contributed by atoms with van der Waals surface area (Å²) in [4.78, 5) is 9.45. The number of piperidine rings is 1. The Morgan fingerprint density at radius 1 is 0.909 bits per heavy atom. The number of aromatic nitrogens is 2. The Kier molecular flexibility index (Phi) is 29.7. The van der Waals surface area contributed by atoms with E-state index in [1.807, 2.05) is 53.1 Å². The van der Waals surface area contributed by atoms with Gasteiger partial charge in [0.15, 0.2) is 6.21 Å². The van der Waals surface area contributed by atoms with Crippen LogP contribution in [0.1, 0.15) is 207 Å². The van der Waals surface area contributed by atoms with Crippen molar-refractivity contribution in [2.75, 3.05) is 57.0 Å². The highest BCUT2D eigenvalue weighted by Crippen LogP contribution is 2.36. The molecule has 3 aliphatic heterocycles. The number of aryl methyl sites for hydroxylation is 2. The summed E-state index contributed by atoms with van der Waals surface area (Å²) < 4.78 is 34.6. The number of pyridine rings is 1. The molecule has 4 aromatic rings. The molecule has 3 N–H and O–H groups in total. The highest BCUT2D eigenvalue weighted by atomic mass is 19.1. The minimum Gasteiger partial charge on any atom is -0.390 e. The zero-order chi connectivity index (χ0) is 57.2. The summed E-state index contributed by atoms with van der Waals surface area (Å²) in [5.74, 6) is 1.52. The Morgan fingerprint density at radius 3 is 2.18 bits per heavy atom. The highest BCUT2D eigenvalue weighted by Gasteiger charge is 2.26. The fraction of sp³-hybridized carbons (Fsp3) is 0.582. The van der Waals surface area contributed by atoms with Gasteiger partial charge in [-0.2, -0.15) is 0 Å². The Hall–Kier alpha value is -5.22. The van der Waals surface area contributed by atoms with E-state index in [9.17, 15) is 4.39 Å². The Balaban J connectivity index is 0.000000422. The second-order valence-electron chi connectivity index (χ2n) is 21.4. The normalized spacial score (nSPS) is 16.6. The van der Waals surface area contributed by atoms with Crippen LogP contribution in [0.25, 0.3) is 16.6 Å². The van der Waals surface area contributed by atoms with Gasteiger partial charge in [-0.05, 0) is 135 Å². The fourth-order valence-electron chi connectivity index (χ4n) is 10.6. The molecule has 2 aromatic heterocycles. The Bertz CT molecular complexity index is 2490. The van der Waals surface area contributed by atoms with E-state index in [4.69, 9.17) is 4.98 Å². The molecular formula is C67H107F2N8+. The van der Waals surface area contributed by atoms with Crippen LogP contribution in [-0.2, 0) is 7.05 Å². The van der Waals surface area contributed by atoms with Crippen LogP contribution in [0, 0.1) is 30.4 Å². The lowest BCUT2D eigenvalue weighted by molar-refractivity contribution is -0.536. The van der Waals surface area contributed by atoms with Gasteiger partial charge in [-0.3, -0.25) is 4.90 Å². The third-order valence-electron chi connectivity index (χ3n) is 15.6. The molecule has 3 unspecified atom stereocenters. The number of benzene rings is 2. The molecule has 5 heterocycles. The van der Waals surface area contributed by atoms with Gasteiger partial charge >= 0.3 is 0 Å². The van der Waals surface area contributed by atoms with Crippen LogP contribution in [0.15, 0.2) is 90.6 Å². The summed E-state index contributed by atoms with van der Waals surface area (Å²) in [6, 6.07) is 14.1. The summed E-state index contributed by atoms with van der Waals surface area (Å²) in [6.07, 6.45) is 24.2. The van der Waals surface area contributed by atoms with Gasteiger partial charge in [0.05, 0.1) is 11.7 Å². The molecule has 0 spiro atoms. The van der Waals surface area contributed by atoms with E-state index in [0.717, 1.165) is 140 Å². The summed E-state index contributed by atoms with van der Waals surface area (Å²) in [5, 5.41) is 11.2. The third kappa shape index (κ3) is 19.3. The first kappa shape index (κ1) is 66.1. The maximum absolute atomic E-state index is 15.6.